The van der Waals surface area contributed by atoms with Crippen LogP contribution in [0.1, 0.15) is 24.3 Å². The molecule has 0 amide bonds. The molecule has 0 bridgehead atoms. The monoisotopic (exact) mass is 350 g/mol. The average molecular weight is 351 g/mol. The van der Waals surface area contributed by atoms with Gasteiger partial charge in [-0.1, -0.05) is 23.2 Å². The van der Waals surface area contributed by atoms with Crippen LogP contribution in [0.3, 0.4) is 0 Å². The van der Waals surface area contributed by atoms with Crippen molar-refractivity contribution in [3.8, 4) is 11.1 Å². The largest absolute Gasteiger partial charge is 0.360 e. The summed E-state index contributed by atoms with van der Waals surface area (Å²) in [4.78, 5) is 3.48. The van der Waals surface area contributed by atoms with Crippen LogP contribution in [0.25, 0.3) is 21.3 Å². The lowest BCUT2D eigenvalue weighted by Gasteiger charge is -2.21. The van der Waals surface area contributed by atoms with Crippen LogP contribution in [0, 0.1) is 0 Å². The first kappa shape index (κ1) is 14.6. The number of aromatic nitrogens is 1. The number of piperidine rings is 1. The molecule has 0 radical (unpaired) electrons. The Hall–Kier alpha value is -1.00. The van der Waals surface area contributed by atoms with E-state index in [4.69, 9.17) is 23.2 Å². The zero-order valence-corrected chi connectivity index (χ0v) is 14.3. The summed E-state index contributed by atoms with van der Waals surface area (Å²) >= 11 is 14.1. The molecule has 0 saturated carbocycles. The number of hydrogen-bond acceptors (Lipinski definition) is 2. The molecule has 1 saturated heterocycles. The Bertz CT molecular complexity index is 795. The minimum Gasteiger partial charge on any atom is -0.360 e. The van der Waals surface area contributed by atoms with E-state index < -0.39 is 0 Å². The molecule has 4 rings (SSSR count). The number of nitrogens with one attached hydrogen (secondary N) is 2. The maximum atomic E-state index is 6.15. The minimum atomic E-state index is 0.657. The van der Waals surface area contributed by atoms with E-state index in [0.717, 1.165) is 18.7 Å². The molecule has 3 aromatic rings. The Morgan fingerprint density at radius 3 is 2.50 bits per heavy atom. The maximum Gasteiger partial charge on any atom is 0.0605 e. The molecule has 3 heterocycles. The van der Waals surface area contributed by atoms with Crippen molar-refractivity contribution in [1.82, 2.24) is 10.3 Å². The van der Waals surface area contributed by atoms with Crippen molar-refractivity contribution in [3.63, 3.8) is 0 Å². The fourth-order valence-electron chi connectivity index (χ4n) is 3.29. The molecule has 1 aromatic carbocycles. The van der Waals surface area contributed by atoms with E-state index in [-0.39, 0.29) is 0 Å². The van der Waals surface area contributed by atoms with Crippen LogP contribution in [0.4, 0.5) is 0 Å². The van der Waals surface area contributed by atoms with Gasteiger partial charge in [-0.3, -0.25) is 0 Å². The highest BCUT2D eigenvalue weighted by molar-refractivity contribution is 7.18. The quantitative estimate of drug-likeness (QED) is 0.612. The summed E-state index contributed by atoms with van der Waals surface area (Å²) in [7, 11) is 0. The van der Waals surface area contributed by atoms with Crippen LogP contribution in [0.15, 0.2) is 29.8 Å². The molecule has 0 atom stereocenters. The highest BCUT2D eigenvalue weighted by Crippen LogP contribution is 2.40. The normalized spacial score (nSPS) is 16.5. The van der Waals surface area contributed by atoms with Gasteiger partial charge in [0.1, 0.15) is 0 Å². The van der Waals surface area contributed by atoms with Crippen molar-refractivity contribution in [2.45, 2.75) is 18.8 Å². The standard InChI is InChI=1S/C17H16Cl2N2S/c18-12-5-11(6-13(19)7-12)14-8-21-16-15(9-22-17(14)16)10-1-3-20-4-2-10/h5-10,20-21H,1-4H2. The molecular weight excluding hydrogens is 335 g/mol. The molecule has 2 nitrogen and oxygen atoms in total. The number of rotatable bonds is 2. The van der Waals surface area contributed by atoms with E-state index in [1.165, 1.54) is 34.2 Å². The maximum absolute atomic E-state index is 6.15. The van der Waals surface area contributed by atoms with E-state index in [1.807, 2.05) is 23.5 Å². The molecule has 22 heavy (non-hydrogen) atoms. The van der Waals surface area contributed by atoms with Gasteiger partial charge in [0.15, 0.2) is 0 Å². The molecule has 0 aliphatic carbocycles. The predicted molar refractivity (Wildman–Crippen MR) is 96.5 cm³/mol. The lowest BCUT2D eigenvalue weighted by molar-refractivity contribution is 0.462. The number of fused-ring (bicyclic) bond motifs is 1. The molecular formula is C17H16Cl2N2S. The van der Waals surface area contributed by atoms with Crippen molar-refractivity contribution in [2.24, 2.45) is 0 Å². The molecule has 114 valence electrons. The number of halogens is 2. The van der Waals surface area contributed by atoms with Gasteiger partial charge in [0, 0.05) is 21.8 Å². The molecule has 1 aliphatic heterocycles. The number of benzene rings is 1. The Morgan fingerprint density at radius 2 is 1.77 bits per heavy atom. The summed E-state index contributed by atoms with van der Waals surface area (Å²) in [6.07, 6.45) is 4.50. The van der Waals surface area contributed by atoms with Crippen LogP contribution in [0.5, 0.6) is 0 Å². The van der Waals surface area contributed by atoms with Crippen LogP contribution in [-0.4, -0.2) is 18.1 Å². The molecule has 0 spiro atoms. The summed E-state index contributed by atoms with van der Waals surface area (Å²) < 4.78 is 1.30. The SMILES string of the molecule is Clc1cc(Cl)cc(-c2c[nH]c3c(C4CCNCC4)csc23)c1. The highest BCUT2D eigenvalue weighted by Gasteiger charge is 2.21. The molecule has 0 unspecified atom stereocenters. The smallest absolute Gasteiger partial charge is 0.0605 e. The summed E-state index contributed by atoms with van der Waals surface area (Å²) in [5.74, 6) is 0.657. The van der Waals surface area contributed by atoms with Gasteiger partial charge in [0.05, 0.1) is 10.2 Å². The number of hydrogen-bond donors (Lipinski definition) is 2. The van der Waals surface area contributed by atoms with Gasteiger partial charge in [-0.15, -0.1) is 11.3 Å². The third-order valence-corrected chi connectivity index (χ3v) is 5.85. The van der Waals surface area contributed by atoms with Gasteiger partial charge in [0.25, 0.3) is 0 Å². The Balaban J connectivity index is 1.79. The summed E-state index contributed by atoms with van der Waals surface area (Å²) in [5, 5.41) is 7.09. The van der Waals surface area contributed by atoms with Crippen LogP contribution < -0.4 is 5.32 Å². The van der Waals surface area contributed by atoms with Crippen molar-refractivity contribution in [3.05, 3.63) is 45.4 Å². The molecule has 1 fully saturated rings. The van der Waals surface area contributed by atoms with Gasteiger partial charge in [0.2, 0.25) is 0 Å². The highest BCUT2D eigenvalue weighted by atomic mass is 35.5. The molecule has 1 aliphatic rings. The third-order valence-electron chi connectivity index (χ3n) is 4.38. The second kappa shape index (κ2) is 5.89. The summed E-state index contributed by atoms with van der Waals surface area (Å²) in [6, 6.07) is 5.71. The Labute approximate surface area is 143 Å². The van der Waals surface area contributed by atoms with Gasteiger partial charge in [-0.2, -0.15) is 0 Å². The zero-order chi connectivity index (χ0) is 15.1. The Morgan fingerprint density at radius 1 is 1.05 bits per heavy atom. The van der Waals surface area contributed by atoms with Gasteiger partial charge >= 0.3 is 0 Å². The van der Waals surface area contributed by atoms with Crippen LogP contribution in [-0.2, 0) is 0 Å². The van der Waals surface area contributed by atoms with Crippen molar-refractivity contribution >= 4 is 44.8 Å². The van der Waals surface area contributed by atoms with Gasteiger partial charge in [-0.25, -0.2) is 0 Å². The second-order valence-corrected chi connectivity index (χ2v) is 7.53. The van der Waals surface area contributed by atoms with E-state index in [0.29, 0.717) is 16.0 Å². The van der Waals surface area contributed by atoms with Gasteiger partial charge in [-0.05, 0) is 66.6 Å². The molecule has 2 aromatic heterocycles. The molecule has 5 heteroatoms. The first-order valence-electron chi connectivity index (χ1n) is 7.48. The fraction of sp³-hybridized carbons (Fsp3) is 0.294. The van der Waals surface area contributed by atoms with E-state index >= 15 is 0 Å². The second-order valence-electron chi connectivity index (χ2n) is 5.78. The summed E-state index contributed by atoms with van der Waals surface area (Å²) in [5.41, 5.74) is 5.00. The molecule has 2 N–H and O–H groups in total. The number of aromatic amines is 1. The van der Waals surface area contributed by atoms with E-state index in [9.17, 15) is 0 Å². The van der Waals surface area contributed by atoms with E-state index in [1.54, 1.807) is 6.07 Å². The van der Waals surface area contributed by atoms with Crippen molar-refractivity contribution in [2.75, 3.05) is 13.1 Å². The van der Waals surface area contributed by atoms with E-state index in [2.05, 4.69) is 21.9 Å². The number of thiophene rings is 1. The lowest BCUT2D eigenvalue weighted by atomic mass is 9.91. The number of H-pyrrole nitrogens is 1. The Kier molecular flexibility index (Phi) is 3.91. The van der Waals surface area contributed by atoms with Gasteiger partial charge < -0.3 is 10.3 Å². The average Bonchev–Trinajstić information content (AvgIpc) is 3.08. The van der Waals surface area contributed by atoms with Crippen LogP contribution in [0.2, 0.25) is 10.0 Å². The fourth-order valence-corrected chi connectivity index (χ4v) is 4.96. The van der Waals surface area contributed by atoms with Crippen LogP contribution >= 0.6 is 34.5 Å². The van der Waals surface area contributed by atoms with Crippen molar-refractivity contribution < 1.29 is 0 Å². The topological polar surface area (TPSA) is 27.8 Å². The predicted octanol–water partition coefficient (Wildman–Crippen LogP) is 5.67. The van der Waals surface area contributed by atoms with Crippen molar-refractivity contribution in [1.29, 1.82) is 0 Å². The summed E-state index contributed by atoms with van der Waals surface area (Å²) in [6.45, 7) is 2.22. The third kappa shape index (κ3) is 2.56. The minimum absolute atomic E-state index is 0.657. The first-order chi connectivity index (χ1) is 10.7. The zero-order valence-electron chi connectivity index (χ0n) is 12.0. The lowest BCUT2D eigenvalue weighted by Crippen LogP contribution is -2.26. The first-order valence-corrected chi connectivity index (χ1v) is 9.11.